The predicted molar refractivity (Wildman–Crippen MR) is 122 cm³/mol. The van der Waals surface area contributed by atoms with E-state index in [1.807, 2.05) is 25.1 Å². The van der Waals surface area contributed by atoms with Crippen molar-refractivity contribution >= 4 is 16.9 Å². The summed E-state index contributed by atoms with van der Waals surface area (Å²) >= 11 is 0. The molecule has 3 aromatic rings. The number of nitrogens with zero attached hydrogens (tertiary/aromatic N) is 1. The molecule has 2 aromatic carbocycles. The van der Waals surface area contributed by atoms with Crippen molar-refractivity contribution in [1.82, 2.24) is 4.98 Å². The van der Waals surface area contributed by atoms with Crippen molar-refractivity contribution in [3.8, 4) is 16.9 Å². The summed E-state index contributed by atoms with van der Waals surface area (Å²) in [5.41, 5.74) is 3.57. The van der Waals surface area contributed by atoms with E-state index in [1.165, 1.54) is 6.07 Å². The molecule has 168 valence electrons. The fraction of sp³-hybridized carbons (Fsp3) is 0.385. The van der Waals surface area contributed by atoms with Crippen LogP contribution < -0.4 is 4.74 Å². The molecule has 0 aliphatic carbocycles. The number of pyridine rings is 1. The van der Waals surface area contributed by atoms with Crippen LogP contribution in [0, 0.1) is 19.7 Å². The van der Waals surface area contributed by atoms with Gasteiger partial charge in [-0.15, -0.1) is 0 Å². The second-order valence-electron chi connectivity index (χ2n) is 9.35. The van der Waals surface area contributed by atoms with Crippen LogP contribution in [0.3, 0.4) is 0 Å². The Hall–Kier alpha value is -2.99. The van der Waals surface area contributed by atoms with E-state index in [0.717, 1.165) is 24.0 Å². The molecule has 0 unspecified atom stereocenters. The summed E-state index contributed by atoms with van der Waals surface area (Å²) in [4.78, 5) is 17.0. The number of benzene rings is 2. The number of hydrogen-bond donors (Lipinski definition) is 1. The lowest BCUT2D eigenvalue weighted by Crippen LogP contribution is -2.28. The van der Waals surface area contributed by atoms with E-state index >= 15 is 4.39 Å². The molecule has 1 aliphatic rings. The van der Waals surface area contributed by atoms with Gasteiger partial charge in [-0.2, -0.15) is 0 Å². The number of aliphatic carboxylic acids is 1. The molecular weight excluding hydrogens is 409 g/mol. The van der Waals surface area contributed by atoms with Gasteiger partial charge >= 0.3 is 5.97 Å². The molecule has 0 saturated carbocycles. The molecule has 1 aliphatic heterocycles. The molecule has 0 saturated heterocycles. The average Bonchev–Trinajstić information content (AvgIpc) is 2.70. The van der Waals surface area contributed by atoms with Crippen molar-refractivity contribution in [3.63, 3.8) is 0 Å². The van der Waals surface area contributed by atoms with Crippen molar-refractivity contribution in [1.29, 1.82) is 0 Å². The summed E-state index contributed by atoms with van der Waals surface area (Å²) < 4.78 is 27.1. The number of rotatable bonds is 4. The molecule has 0 bridgehead atoms. The number of aromatic nitrogens is 1. The molecule has 0 fully saturated rings. The van der Waals surface area contributed by atoms with Crippen LogP contribution in [-0.2, 0) is 16.0 Å². The lowest BCUT2D eigenvalue weighted by molar-refractivity contribution is -0.160. The highest BCUT2D eigenvalue weighted by molar-refractivity contribution is 5.99. The first-order valence-corrected chi connectivity index (χ1v) is 10.8. The summed E-state index contributed by atoms with van der Waals surface area (Å²) in [6, 6.07) is 8.94. The summed E-state index contributed by atoms with van der Waals surface area (Å²) in [7, 11) is 0. The number of carboxylic acid groups (broad SMARTS) is 1. The normalized spacial score (nSPS) is 14.7. The number of aryl methyl sites for hydroxylation is 3. The second-order valence-corrected chi connectivity index (χ2v) is 9.35. The maximum atomic E-state index is 15.5. The molecular formula is C26H28FNO4. The molecule has 1 aromatic heterocycles. The van der Waals surface area contributed by atoms with E-state index in [9.17, 15) is 9.90 Å². The van der Waals surface area contributed by atoms with Gasteiger partial charge in [0.05, 0.1) is 17.7 Å². The third-order valence-corrected chi connectivity index (χ3v) is 5.59. The molecule has 32 heavy (non-hydrogen) atoms. The second kappa shape index (κ2) is 8.17. The van der Waals surface area contributed by atoms with E-state index in [-0.39, 0.29) is 0 Å². The summed E-state index contributed by atoms with van der Waals surface area (Å²) in [5, 5.41) is 10.8. The lowest BCUT2D eigenvalue weighted by atomic mass is 9.88. The van der Waals surface area contributed by atoms with Gasteiger partial charge in [-0.3, -0.25) is 4.98 Å². The van der Waals surface area contributed by atoms with Gasteiger partial charge in [0.2, 0.25) is 0 Å². The third kappa shape index (κ3) is 4.19. The number of halogens is 1. The molecule has 4 rings (SSSR count). The minimum atomic E-state index is -1.30. The van der Waals surface area contributed by atoms with E-state index in [4.69, 9.17) is 9.47 Å². The van der Waals surface area contributed by atoms with Crippen LogP contribution in [0.4, 0.5) is 4.39 Å². The largest absolute Gasteiger partial charge is 0.493 e. The molecule has 1 atom stereocenters. The van der Waals surface area contributed by atoms with Crippen LogP contribution in [0.2, 0.25) is 0 Å². The average molecular weight is 438 g/mol. The highest BCUT2D eigenvalue weighted by Gasteiger charge is 2.33. The Kier molecular flexibility index (Phi) is 5.67. The van der Waals surface area contributed by atoms with Crippen LogP contribution in [-0.4, -0.2) is 28.3 Å². The van der Waals surface area contributed by atoms with Gasteiger partial charge in [0.25, 0.3) is 0 Å². The molecule has 2 heterocycles. The van der Waals surface area contributed by atoms with Crippen LogP contribution in [0.25, 0.3) is 22.0 Å². The Bertz CT molecular complexity index is 1210. The number of hydrogen-bond acceptors (Lipinski definition) is 4. The van der Waals surface area contributed by atoms with Gasteiger partial charge in [0, 0.05) is 33.8 Å². The van der Waals surface area contributed by atoms with Crippen LogP contribution in [0.15, 0.2) is 30.3 Å². The summed E-state index contributed by atoms with van der Waals surface area (Å²) in [6.07, 6.45) is 0.333. The van der Waals surface area contributed by atoms with Gasteiger partial charge in [-0.25, -0.2) is 9.18 Å². The van der Waals surface area contributed by atoms with Gasteiger partial charge in [-0.05, 0) is 71.2 Å². The van der Waals surface area contributed by atoms with Gasteiger partial charge in [0.15, 0.2) is 6.10 Å². The zero-order chi connectivity index (χ0) is 23.2. The molecule has 0 amide bonds. The highest BCUT2D eigenvalue weighted by atomic mass is 19.1. The van der Waals surface area contributed by atoms with Crippen LogP contribution in [0.1, 0.15) is 55.7 Å². The molecule has 0 radical (unpaired) electrons. The fourth-order valence-electron chi connectivity index (χ4n) is 4.28. The van der Waals surface area contributed by atoms with Gasteiger partial charge in [0.1, 0.15) is 11.6 Å². The topological polar surface area (TPSA) is 68.7 Å². The highest BCUT2D eigenvalue weighted by Crippen LogP contribution is 2.42. The zero-order valence-electron chi connectivity index (χ0n) is 19.1. The van der Waals surface area contributed by atoms with E-state index < -0.39 is 23.5 Å². The molecule has 6 heteroatoms. The van der Waals surface area contributed by atoms with E-state index in [0.29, 0.717) is 45.6 Å². The minimum absolute atomic E-state index is 0.342. The monoisotopic (exact) mass is 437 g/mol. The Morgan fingerprint density at radius 2 is 1.97 bits per heavy atom. The van der Waals surface area contributed by atoms with Crippen LogP contribution in [0.5, 0.6) is 5.75 Å². The number of carboxylic acids is 1. The van der Waals surface area contributed by atoms with Crippen molar-refractivity contribution < 1.29 is 23.8 Å². The maximum Gasteiger partial charge on any atom is 0.337 e. The Morgan fingerprint density at radius 1 is 1.22 bits per heavy atom. The number of ether oxygens (including phenoxy) is 2. The SMILES string of the molecule is Cc1ccc2nc(C)c([C@H](OC(C)(C)C)C(=O)O)c(-c3cc4c(cc3F)OCCC4)c2c1. The Balaban J connectivity index is 2.09. The fourth-order valence-corrected chi connectivity index (χ4v) is 4.28. The summed E-state index contributed by atoms with van der Waals surface area (Å²) in [5.74, 6) is -1.05. The number of carbonyl (C=O) groups is 1. The van der Waals surface area contributed by atoms with Crippen molar-refractivity contribution in [2.75, 3.05) is 6.61 Å². The van der Waals surface area contributed by atoms with E-state index in [1.54, 1.807) is 33.8 Å². The Labute approximate surface area is 187 Å². The first kappa shape index (κ1) is 22.2. The maximum absolute atomic E-state index is 15.5. The molecule has 0 spiro atoms. The lowest BCUT2D eigenvalue weighted by Gasteiger charge is -2.28. The quantitative estimate of drug-likeness (QED) is 0.548. The molecule has 1 N–H and O–H groups in total. The first-order valence-electron chi connectivity index (χ1n) is 10.8. The smallest absolute Gasteiger partial charge is 0.337 e. The predicted octanol–water partition coefficient (Wildman–Crippen LogP) is 5.92. The Morgan fingerprint density at radius 3 is 2.66 bits per heavy atom. The van der Waals surface area contributed by atoms with Crippen molar-refractivity contribution in [2.24, 2.45) is 0 Å². The van der Waals surface area contributed by atoms with Crippen LogP contribution >= 0.6 is 0 Å². The van der Waals surface area contributed by atoms with Crippen molar-refractivity contribution in [2.45, 2.75) is 59.2 Å². The third-order valence-electron chi connectivity index (χ3n) is 5.59. The van der Waals surface area contributed by atoms with Crippen molar-refractivity contribution in [3.05, 3.63) is 58.5 Å². The standard InChI is InChI=1S/C26H28FNO4/c1-14-8-9-20-18(11-14)23(17-12-16-7-6-10-31-21(16)13-19(17)27)22(15(2)28-20)24(25(29)30)32-26(3,4)5/h8-9,11-13,24H,6-7,10H2,1-5H3,(H,29,30)/t24-/m0/s1. The zero-order valence-corrected chi connectivity index (χ0v) is 19.1. The summed E-state index contributed by atoms with van der Waals surface area (Å²) in [6.45, 7) is 9.65. The first-order chi connectivity index (χ1) is 15.0. The van der Waals surface area contributed by atoms with E-state index in [2.05, 4.69) is 4.98 Å². The number of fused-ring (bicyclic) bond motifs is 2. The van der Waals surface area contributed by atoms with Gasteiger partial charge < -0.3 is 14.6 Å². The van der Waals surface area contributed by atoms with Gasteiger partial charge in [-0.1, -0.05) is 11.6 Å². The minimum Gasteiger partial charge on any atom is -0.493 e. The molecule has 5 nitrogen and oxygen atoms in total.